The minimum absolute atomic E-state index is 0.120. The summed E-state index contributed by atoms with van der Waals surface area (Å²) in [5.41, 5.74) is 0.913. The Kier molecular flexibility index (Phi) is 2.92. The predicted octanol–water partition coefficient (Wildman–Crippen LogP) is 0.945. The van der Waals surface area contributed by atoms with Crippen molar-refractivity contribution in [2.45, 2.75) is 13.0 Å². The molecule has 1 amide bonds. The van der Waals surface area contributed by atoms with E-state index in [1.54, 1.807) is 12.1 Å². The van der Waals surface area contributed by atoms with Gasteiger partial charge in [0.25, 0.3) is 0 Å². The van der Waals surface area contributed by atoms with E-state index in [1.807, 2.05) is 12.1 Å². The highest BCUT2D eigenvalue weighted by atomic mass is 16.7. The van der Waals surface area contributed by atoms with Crippen LogP contribution in [0.25, 0.3) is 0 Å². The number of hydrogen-bond acceptors (Lipinski definition) is 4. The average Bonchev–Trinajstić information content (AvgIpc) is 2.74. The molecule has 1 heterocycles. The first kappa shape index (κ1) is 10.3. The van der Waals surface area contributed by atoms with Gasteiger partial charge in [-0.1, -0.05) is 6.07 Å². The van der Waals surface area contributed by atoms with Crippen LogP contribution in [0, 0.1) is 11.3 Å². The maximum absolute atomic E-state index is 11.1. The Balaban J connectivity index is 1.96. The Morgan fingerprint density at radius 1 is 1.44 bits per heavy atom. The fourth-order valence-electron chi connectivity index (χ4n) is 1.39. The topological polar surface area (TPSA) is 71.4 Å². The molecule has 0 atom stereocenters. The van der Waals surface area contributed by atoms with E-state index in [2.05, 4.69) is 5.32 Å². The summed E-state index contributed by atoms with van der Waals surface area (Å²) >= 11 is 0. The third-order valence-electron chi connectivity index (χ3n) is 2.17. The lowest BCUT2D eigenvalue weighted by Gasteiger charge is -2.04. The van der Waals surface area contributed by atoms with Crippen molar-refractivity contribution in [2.24, 2.45) is 0 Å². The quantitative estimate of drug-likeness (QED) is 0.819. The summed E-state index contributed by atoms with van der Waals surface area (Å²) in [5, 5.41) is 10.9. The first-order chi connectivity index (χ1) is 7.79. The number of benzene rings is 1. The Labute approximate surface area is 92.6 Å². The lowest BCUT2D eigenvalue weighted by molar-refractivity contribution is -0.120. The number of nitriles is 1. The number of rotatable bonds is 3. The van der Waals surface area contributed by atoms with Crippen LogP contribution in [0.1, 0.15) is 12.0 Å². The smallest absolute Gasteiger partial charge is 0.234 e. The van der Waals surface area contributed by atoms with Crippen molar-refractivity contribution in [3.63, 3.8) is 0 Å². The summed E-state index contributed by atoms with van der Waals surface area (Å²) in [5.74, 6) is 1.12. The number of fused-ring (bicyclic) bond motifs is 1. The molecule has 5 heteroatoms. The summed E-state index contributed by atoms with van der Waals surface area (Å²) in [6, 6.07) is 7.25. The number of nitrogens with zero attached hydrogens (tertiary/aromatic N) is 1. The van der Waals surface area contributed by atoms with Gasteiger partial charge in [0.15, 0.2) is 11.5 Å². The maximum atomic E-state index is 11.1. The molecule has 1 aliphatic heterocycles. The number of amides is 1. The van der Waals surface area contributed by atoms with Crippen molar-refractivity contribution in [1.82, 2.24) is 5.32 Å². The second kappa shape index (κ2) is 4.53. The lowest BCUT2D eigenvalue weighted by Crippen LogP contribution is -2.21. The SMILES string of the molecule is N#CCC(=O)NCc1ccc2c(c1)OCO2. The molecule has 0 aliphatic carbocycles. The number of carbonyl (C=O) groups excluding carboxylic acids is 1. The van der Waals surface area contributed by atoms with Crippen LogP contribution < -0.4 is 14.8 Å². The molecular weight excluding hydrogens is 208 g/mol. The van der Waals surface area contributed by atoms with Gasteiger partial charge < -0.3 is 14.8 Å². The van der Waals surface area contributed by atoms with Crippen LogP contribution in [0.4, 0.5) is 0 Å². The molecule has 1 aliphatic rings. The van der Waals surface area contributed by atoms with Crippen molar-refractivity contribution < 1.29 is 14.3 Å². The minimum atomic E-state index is -0.278. The van der Waals surface area contributed by atoms with Crippen LogP contribution in [0.5, 0.6) is 11.5 Å². The van der Waals surface area contributed by atoms with Crippen LogP contribution in [-0.4, -0.2) is 12.7 Å². The molecule has 1 N–H and O–H groups in total. The summed E-state index contributed by atoms with van der Waals surface area (Å²) < 4.78 is 10.4. The highest BCUT2D eigenvalue weighted by Gasteiger charge is 2.13. The summed E-state index contributed by atoms with van der Waals surface area (Å²) in [6.07, 6.45) is -0.120. The van der Waals surface area contributed by atoms with E-state index in [4.69, 9.17) is 14.7 Å². The first-order valence-corrected chi connectivity index (χ1v) is 4.82. The van der Waals surface area contributed by atoms with Gasteiger partial charge in [0.1, 0.15) is 6.42 Å². The van der Waals surface area contributed by atoms with Crippen LogP contribution >= 0.6 is 0 Å². The van der Waals surface area contributed by atoms with Crippen LogP contribution in [0.15, 0.2) is 18.2 Å². The summed E-state index contributed by atoms with van der Waals surface area (Å²) in [6.45, 7) is 0.622. The highest BCUT2D eigenvalue weighted by molar-refractivity contribution is 5.77. The van der Waals surface area contributed by atoms with Gasteiger partial charge in [0.05, 0.1) is 6.07 Å². The van der Waals surface area contributed by atoms with Crippen LogP contribution in [0.3, 0.4) is 0 Å². The van der Waals surface area contributed by atoms with E-state index in [0.29, 0.717) is 18.0 Å². The van der Waals surface area contributed by atoms with Crippen molar-refractivity contribution in [2.75, 3.05) is 6.79 Å². The van der Waals surface area contributed by atoms with Crippen molar-refractivity contribution in [3.05, 3.63) is 23.8 Å². The second-order valence-electron chi connectivity index (χ2n) is 3.30. The Bertz CT molecular complexity index is 451. The molecule has 0 bridgehead atoms. The van der Waals surface area contributed by atoms with Gasteiger partial charge in [-0.25, -0.2) is 0 Å². The van der Waals surface area contributed by atoms with E-state index < -0.39 is 0 Å². The van der Waals surface area contributed by atoms with Crippen molar-refractivity contribution in [1.29, 1.82) is 5.26 Å². The molecule has 0 fully saturated rings. The van der Waals surface area contributed by atoms with Gasteiger partial charge in [-0.15, -0.1) is 0 Å². The van der Waals surface area contributed by atoms with Gasteiger partial charge in [0.2, 0.25) is 12.7 Å². The van der Waals surface area contributed by atoms with E-state index in [9.17, 15) is 4.79 Å². The predicted molar refractivity (Wildman–Crippen MR) is 54.6 cm³/mol. The zero-order valence-electron chi connectivity index (χ0n) is 8.53. The molecular formula is C11H10N2O3. The lowest BCUT2D eigenvalue weighted by atomic mass is 10.2. The van der Waals surface area contributed by atoms with E-state index in [1.165, 1.54) is 0 Å². The van der Waals surface area contributed by atoms with E-state index in [-0.39, 0.29) is 19.1 Å². The Hall–Kier alpha value is -2.22. The van der Waals surface area contributed by atoms with Crippen LogP contribution in [0.2, 0.25) is 0 Å². The van der Waals surface area contributed by atoms with Gasteiger partial charge in [-0.05, 0) is 17.7 Å². The molecule has 2 rings (SSSR count). The normalized spacial score (nSPS) is 11.9. The maximum Gasteiger partial charge on any atom is 0.234 e. The molecule has 0 radical (unpaired) electrons. The van der Waals surface area contributed by atoms with Gasteiger partial charge in [-0.2, -0.15) is 5.26 Å². The fraction of sp³-hybridized carbons (Fsp3) is 0.273. The zero-order valence-corrected chi connectivity index (χ0v) is 8.53. The molecule has 16 heavy (non-hydrogen) atoms. The number of hydrogen-bond donors (Lipinski definition) is 1. The molecule has 0 spiro atoms. The second-order valence-corrected chi connectivity index (χ2v) is 3.30. The van der Waals surface area contributed by atoms with Crippen LogP contribution in [-0.2, 0) is 11.3 Å². The zero-order chi connectivity index (χ0) is 11.4. The molecule has 0 unspecified atom stereocenters. The van der Waals surface area contributed by atoms with E-state index >= 15 is 0 Å². The van der Waals surface area contributed by atoms with Gasteiger partial charge in [0, 0.05) is 6.54 Å². The van der Waals surface area contributed by atoms with Crippen molar-refractivity contribution >= 4 is 5.91 Å². The molecule has 0 aromatic heterocycles. The first-order valence-electron chi connectivity index (χ1n) is 4.82. The molecule has 0 saturated carbocycles. The minimum Gasteiger partial charge on any atom is -0.454 e. The third-order valence-corrected chi connectivity index (χ3v) is 2.17. The van der Waals surface area contributed by atoms with Crippen molar-refractivity contribution in [3.8, 4) is 17.6 Å². The van der Waals surface area contributed by atoms with Gasteiger partial charge in [-0.3, -0.25) is 4.79 Å². The third kappa shape index (κ3) is 2.23. The van der Waals surface area contributed by atoms with E-state index in [0.717, 1.165) is 5.56 Å². The average molecular weight is 218 g/mol. The summed E-state index contributed by atoms with van der Waals surface area (Å²) in [7, 11) is 0. The summed E-state index contributed by atoms with van der Waals surface area (Å²) in [4.78, 5) is 11.1. The highest BCUT2D eigenvalue weighted by Crippen LogP contribution is 2.32. The number of ether oxygens (including phenoxy) is 2. The largest absolute Gasteiger partial charge is 0.454 e. The molecule has 82 valence electrons. The standard InChI is InChI=1S/C11H10N2O3/c12-4-3-11(14)13-6-8-1-2-9-10(5-8)16-7-15-9/h1-2,5H,3,6-7H2,(H,13,14). The molecule has 0 saturated heterocycles. The number of nitrogens with one attached hydrogen (secondary N) is 1. The molecule has 1 aromatic rings. The monoisotopic (exact) mass is 218 g/mol. The Morgan fingerprint density at radius 2 is 2.25 bits per heavy atom. The fourth-order valence-corrected chi connectivity index (χ4v) is 1.39. The molecule has 1 aromatic carbocycles. The number of carbonyl (C=O) groups is 1. The van der Waals surface area contributed by atoms with Gasteiger partial charge >= 0.3 is 0 Å². The molecule has 5 nitrogen and oxygen atoms in total. The Morgan fingerprint density at radius 3 is 3.06 bits per heavy atom.